The van der Waals surface area contributed by atoms with Gasteiger partial charge in [0.1, 0.15) is 0 Å². The third-order valence-electron chi connectivity index (χ3n) is 2.75. The molecule has 0 saturated heterocycles. The average Bonchev–Trinajstić information content (AvgIpc) is 2.00. The van der Waals surface area contributed by atoms with Gasteiger partial charge in [-0.2, -0.15) is 0 Å². The Balaban J connectivity index is 3.95. The highest BCUT2D eigenvalue weighted by Gasteiger charge is 2.18. The van der Waals surface area contributed by atoms with Crippen molar-refractivity contribution in [3.63, 3.8) is 0 Å². The summed E-state index contributed by atoms with van der Waals surface area (Å²) in [5.74, 6) is 1.81. The lowest BCUT2D eigenvalue weighted by molar-refractivity contribution is -0.121. The molecule has 3 N–H and O–H groups in total. The van der Waals surface area contributed by atoms with E-state index >= 15 is 0 Å². The average molecular weight is 214 g/mol. The van der Waals surface area contributed by atoms with Crippen LogP contribution in [0.15, 0.2) is 0 Å². The van der Waals surface area contributed by atoms with E-state index in [1.807, 2.05) is 6.92 Å². The van der Waals surface area contributed by atoms with Crippen molar-refractivity contribution in [2.75, 3.05) is 6.54 Å². The molecule has 1 atom stereocenters. The number of carbonyl (C=O) groups is 1. The van der Waals surface area contributed by atoms with Crippen molar-refractivity contribution in [3.8, 4) is 0 Å². The maximum Gasteiger partial charge on any atom is 0.221 e. The minimum Gasteiger partial charge on any atom is -0.356 e. The molecule has 0 radical (unpaired) electrons. The summed E-state index contributed by atoms with van der Waals surface area (Å²) < 4.78 is 0. The van der Waals surface area contributed by atoms with Crippen LogP contribution in [0.25, 0.3) is 0 Å². The summed E-state index contributed by atoms with van der Waals surface area (Å²) in [6.45, 7) is 11.4. The molecule has 0 saturated carbocycles. The van der Waals surface area contributed by atoms with Crippen LogP contribution in [0.3, 0.4) is 0 Å². The van der Waals surface area contributed by atoms with Crippen LogP contribution < -0.4 is 11.1 Å². The van der Waals surface area contributed by atoms with Gasteiger partial charge in [-0.15, -0.1) is 0 Å². The van der Waals surface area contributed by atoms with Crippen LogP contribution in [0.5, 0.6) is 0 Å². The summed E-state index contributed by atoms with van der Waals surface area (Å²) in [4.78, 5) is 11.4. The number of nitrogens with one attached hydrogen (secondary N) is 1. The molecule has 0 aliphatic rings. The third kappa shape index (κ3) is 6.50. The number of carbonyl (C=O) groups excluding carboxylic acids is 1. The highest BCUT2D eigenvalue weighted by molar-refractivity contribution is 5.76. The molecule has 3 nitrogen and oxygen atoms in total. The van der Waals surface area contributed by atoms with E-state index in [9.17, 15) is 4.79 Å². The Bertz CT molecular complexity index is 180. The zero-order valence-electron chi connectivity index (χ0n) is 10.7. The first-order valence-electron chi connectivity index (χ1n) is 5.86. The van der Waals surface area contributed by atoms with Gasteiger partial charge in [0.25, 0.3) is 0 Å². The van der Waals surface area contributed by atoms with Crippen LogP contribution >= 0.6 is 0 Å². The van der Waals surface area contributed by atoms with E-state index in [0.29, 0.717) is 24.2 Å². The first kappa shape index (κ1) is 14.4. The van der Waals surface area contributed by atoms with Gasteiger partial charge >= 0.3 is 0 Å². The van der Waals surface area contributed by atoms with E-state index in [-0.39, 0.29) is 11.9 Å². The van der Waals surface area contributed by atoms with Crippen molar-refractivity contribution in [3.05, 3.63) is 0 Å². The van der Waals surface area contributed by atoms with Gasteiger partial charge in [-0.05, 0) is 24.7 Å². The largest absolute Gasteiger partial charge is 0.356 e. The second-order valence-corrected chi connectivity index (χ2v) is 5.14. The molecule has 0 bridgehead atoms. The zero-order chi connectivity index (χ0) is 12.0. The Labute approximate surface area is 93.8 Å². The van der Waals surface area contributed by atoms with Crippen LogP contribution in [-0.4, -0.2) is 18.5 Å². The topological polar surface area (TPSA) is 55.1 Å². The van der Waals surface area contributed by atoms with Crippen LogP contribution in [0.4, 0.5) is 0 Å². The van der Waals surface area contributed by atoms with E-state index in [1.165, 1.54) is 0 Å². The van der Waals surface area contributed by atoms with Gasteiger partial charge in [-0.25, -0.2) is 0 Å². The van der Waals surface area contributed by atoms with Crippen LogP contribution in [0, 0.1) is 17.8 Å². The molecule has 0 fully saturated rings. The Morgan fingerprint density at radius 1 is 1.13 bits per heavy atom. The van der Waals surface area contributed by atoms with Crippen molar-refractivity contribution < 1.29 is 4.79 Å². The molecule has 0 aromatic rings. The smallest absolute Gasteiger partial charge is 0.221 e. The van der Waals surface area contributed by atoms with Crippen molar-refractivity contribution in [1.82, 2.24) is 5.32 Å². The predicted octanol–water partition coefficient (Wildman–Crippen LogP) is 1.77. The summed E-state index contributed by atoms with van der Waals surface area (Å²) in [5, 5.41) is 2.96. The van der Waals surface area contributed by atoms with E-state index in [4.69, 9.17) is 5.73 Å². The second-order valence-electron chi connectivity index (χ2n) is 5.14. The Morgan fingerprint density at radius 3 is 1.93 bits per heavy atom. The lowest BCUT2D eigenvalue weighted by Gasteiger charge is -2.25. The van der Waals surface area contributed by atoms with E-state index in [1.54, 1.807) is 0 Å². The highest BCUT2D eigenvalue weighted by atomic mass is 16.1. The number of hydrogen-bond acceptors (Lipinski definition) is 2. The number of hydrogen-bond donors (Lipinski definition) is 2. The minimum absolute atomic E-state index is 0.0541. The summed E-state index contributed by atoms with van der Waals surface area (Å²) >= 11 is 0. The molecule has 0 spiro atoms. The molecule has 0 aromatic heterocycles. The van der Waals surface area contributed by atoms with Gasteiger partial charge in [0, 0.05) is 19.0 Å². The SMILES string of the molecule is CC(N)CC(=O)NCC(C(C)C)C(C)C. The Kier molecular flexibility index (Phi) is 6.57. The summed E-state index contributed by atoms with van der Waals surface area (Å²) in [6, 6.07) is -0.0541. The first-order chi connectivity index (χ1) is 6.84. The summed E-state index contributed by atoms with van der Waals surface area (Å²) in [6.07, 6.45) is 0.420. The summed E-state index contributed by atoms with van der Waals surface area (Å²) in [7, 11) is 0. The van der Waals surface area contributed by atoms with Crippen LogP contribution in [-0.2, 0) is 4.79 Å². The quantitative estimate of drug-likeness (QED) is 0.708. The van der Waals surface area contributed by atoms with Gasteiger partial charge in [0.15, 0.2) is 0 Å². The fraction of sp³-hybridized carbons (Fsp3) is 0.917. The number of nitrogens with two attached hydrogens (primary N) is 1. The molecular formula is C12H26N2O. The first-order valence-corrected chi connectivity index (χ1v) is 5.86. The Hall–Kier alpha value is -0.570. The zero-order valence-corrected chi connectivity index (χ0v) is 10.7. The van der Waals surface area contributed by atoms with Crippen LogP contribution in [0.1, 0.15) is 41.0 Å². The predicted molar refractivity (Wildman–Crippen MR) is 64.4 cm³/mol. The molecule has 1 amide bonds. The normalized spacial score (nSPS) is 13.7. The standard InChI is InChI=1S/C12H26N2O/c1-8(2)11(9(3)4)7-14-12(15)6-10(5)13/h8-11H,6-7,13H2,1-5H3,(H,14,15). The molecule has 1 unspecified atom stereocenters. The maximum absolute atomic E-state index is 11.4. The van der Waals surface area contributed by atoms with E-state index in [0.717, 1.165) is 6.54 Å². The number of rotatable bonds is 6. The Morgan fingerprint density at radius 2 is 1.60 bits per heavy atom. The monoisotopic (exact) mass is 214 g/mol. The molecule has 0 aromatic carbocycles. The molecule has 0 aliphatic carbocycles. The van der Waals surface area contributed by atoms with Crippen molar-refractivity contribution in [2.24, 2.45) is 23.5 Å². The van der Waals surface area contributed by atoms with E-state index < -0.39 is 0 Å². The number of amides is 1. The van der Waals surface area contributed by atoms with Crippen molar-refractivity contribution >= 4 is 5.91 Å². The van der Waals surface area contributed by atoms with Crippen molar-refractivity contribution in [1.29, 1.82) is 0 Å². The molecule has 0 aliphatic heterocycles. The maximum atomic E-state index is 11.4. The molecule has 15 heavy (non-hydrogen) atoms. The molecule has 0 heterocycles. The minimum atomic E-state index is -0.0541. The van der Waals surface area contributed by atoms with Gasteiger partial charge < -0.3 is 11.1 Å². The highest BCUT2D eigenvalue weighted by Crippen LogP contribution is 2.19. The van der Waals surface area contributed by atoms with Gasteiger partial charge in [0.2, 0.25) is 5.91 Å². The van der Waals surface area contributed by atoms with E-state index in [2.05, 4.69) is 33.0 Å². The van der Waals surface area contributed by atoms with Crippen molar-refractivity contribution in [2.45, 2.75) is 47.1 Å². The third-order valence-corrected chi connectivity index (χ3v) is 2.75. The molecule has 3 heteroatoms. The summed E-state index contributed by atoms with van der Waals surface area (Å²) in [5.41, 5.74) is 5.56. The molecular weight excluding hydrogens is 188 g/mol. The lowest BCUT2D eigenvalue weighted by atomic mass is 9.85. The van der Waals surface area contributed by atoms with Crippen LogP contribution in [0.2, 0.25) is 0 Å². The molecule has 0 rings (SSSR count). The van der Waals surface area contributed by atoms with Gasteiger partial charge in [0.05, 0.1) is 0 Å². The second kappa shape index (κ2) is 6.83. The fourth-order valence-electron chi connectivity index (χ4n) is 1.84. The fourth-order valence-corrected chi connectivity index (χ4v) is 1.84. The lowest BCUT2D eigenvalue weighted by Crippen LogP contribution is -2.36. The van der Waals surface area contributed by atoms with Gasteiger partial charge in [-0.1, -0.05) is 27.7 Å². The molecule has 90 valence electrons. The van der Waals surface area contributed by atoms with Gasteiger partial charge in [-0.3, -0.25) is 4.79 Å².